The van der Waals surface area contributed by atoms with Crippen LogP contribution < -0.4 is 4.74 Å². The Morgan fingerprint density at radius 1 is 1.00 bits per heavy atom. The van der Waals surface area contributed by atoms with E-state index in [0.717, 1.165) is 21.3 Å². The minimum absolute atomic E-state index is 0.106. The Kier molecular flexibility index (Phi) is 3.10. The lowest BCUT2D eigenvalue weighted by Crippen LogP contribution is -2.19. The first-order chi connectivity index (χ1) is 8.75. The van der Waals surface area contributed by atoms with Gasteiger partial charge in [-0.3, -0.25) is 0 Å². The zero-order valence-corrected chi connectivity index (χ0v) is 11.3. The van der Waals surface area contributed by atoms with Crippen LogP contribution in [0.25, 0.3) is 0 Å². The maximum Gasteiger partial charge on any atom is 0.128 e. The zero-order chi connectivity index (χ0) is 12.5. The molecule has 0 saturated carbocycles. The number of para-hydroxylation sites is 1. The van der Waals surface area contributed by atoms with Crippen molar-refractivity contribution in [3.8, 4) is 5.75 Å². The summed E-state index contributed by atoms with van der Waals surface area (Å²) in [5.74, 6) is 0.775. The van der Waals surface area contributed by atoms with Gasteiger partial charge in [0.1, 0.15) is 11.9 Å². The first-order valence-corrected chi connectivity index (χ1v) is 6.73. The summed E-state index contributed by atoms with van der Waals surface area (Å²) in [7, 11) is 0. The van der Waals surface area contributed by atoms with E-state index < -0.39 is 6.10 Å². The molecule has 2 aromatic rings. The Bertz CT molecular complexity index is 568. The van der Waals surface area contributed by atoms with Crippen LogP contribution in [0.15, 0.2) is 53.0 Å². The van der Waals surface area contributed by atoms with E-state index in [2.05, 4.69) is 15.9 Å². The number of benzene rings is 2. The lowest BCUT2D eigenvalue weighted by atomic mass is 9.95. The predicted molar refractivity (Wildman–Crippen MR) is 73.5 cm³/mol. The van der Waals surface area contributed by atoms with E-state index in [1.807, 2.05) is 48.5 Å². The Labute approximate surface area is 114 Å². The molecule has 0 aliphatic carbocycles. The number of aliphatic hydroxyl groups excluding tert-OH is 1. The molecule has 1 N–H and O–H groups in total. The van der Waals surface area contributed by atoms with Crippen molar-refractivity contribution in [2.24, 2.45) is 0 Å². The average Bonchev–Trinajstić information content (AvgIpc) is 2.39. The molecule has 0 amide bonds. The van der Waals surface area contributed by atoms with Crippen LogP contribution >= 0.6 is 15.9 Å². The van der Waals surface area contributed by atoms with Crippen molar-refractivity contribution in [2.75, 3.05) is 0 Å². The molecule has 0 radical (unpaired) electrons. The van der Waals surface area contributed by atoms with Crippen LogP contribution in [0.5, 0.6) is 5.75 Å². The molecule has 0 saturated heterocycles. The van der Waals surface area contributed by atoms with Crippen LogP contribution in [0.1, 0.15) is 29.8 Å². The molecule has 3 heteroatoms. The molecule has 0 spiro atoms. The van der Waals surface area contributed by atoms with Crippen molar-refractivity contribution < 1.29 is 9.84 Å². The van der Waals surface area contributed by atoms with Gasteiger partial charge in [0.15, 0.2) is 0 Å². The summed E-state index contributed by atoms with van der Waals surface area (Å²) in [5.41, 5.74) is 1.95. The fourth-order valence-electron chi connectivity index (χ4n) is 2.32. The van der Waals surface area contributed by atoms with E-state index in [4.69, 9.17) is 4.74 Å². The summed E-state index contributed by atoms with van der Waals surface area (Å²) in [6.07, 6.45) is 0.0112. The summed E-state index contributed by atoms with van der Waals surface area (Å²) in [6, 6.07) is 15.6. The van der Waals surface area contributed by atoms with Gasteiger partial charge in [-0.1, -0.05) is 52.3 Å². The third-order valence-electron chi connectivity index (χ3n) is 3.24. The molecule has 2 unspecified atom stereocenters. The van der Waals surface area contributed by atoms with Crippen molar-refractivity contribution in [3.05, 3.63) is 64.1 Å². The van der Waals surface area contributed by atoms with Gasteiger partial charge in [0.2, 0.25) is 0 Å². The lowest BCUT2D eigenvalue weighted by Gasteiger charge is -2.30. The highest BCUT2D eigenvalue weighted by Crippen LogP contribution is 2.41. The molecule has 0 bridgehead atoms. The summed E-state index contributed by atoms with van der Waals surface area (Å²) in [5, 5.41) is 10.2. The smallest absolute Gasteiger partial charge is 0.128 e. The molecular formula is C15H13BrO2. The standard InChI is InChI=1S/C15H13BrO2/c16-12-7-3-1-5-10(12)15-9-13(17)11-6-2-4-8-14(11)18-15/h1-8,13,15,17H,9H2. The number of halogens is 1. The van der Waals surface area contributed by atoms with Gasteiger partial charge in [0.05, 0.1) is 6.10 Å². The van der Waals surface area contributed by atoms with Gasteiger partial charge in [-0.2, -0.15) is 0 Å². The molecule has 3 rings (SSSR count). The van der Waals surface area contributed by atoms with E-state index in [9.17, 15) is 5.11 Å². The number of rotatable bonds is 1. The van der Waals surface area contributed by atoms with Crippen molar-refractivity contribution in [1.82, 2.24) is 0 Å². The summed E-state index contributed by atoms with van der Waals surface area (Å²) < 4.78 is 6.99. The first-order valence-electron chi connectivity index (χ1n) is 5.94. The highest BCUT2D eigenvalue weighted by atomic mass is 79.9. The fourth-order valence-corrected chi connectivity index (χ4v) is 2.86. The number of ether oxygens (including phenoxy) is 1. The highest BCUT2D eigenvalue weighted by molar-refractivity contribution is 9.10. The highest BCUT2D eigenvalue weighted by Gasteiger charge is 2.28. The molecule has 0 aromatic heterocycles. The quantitative estimate of drug-likeness (QED) is 0.862. The molecule has 1 aliphatic rings. The maximum atomic E-state index is 10.2. The van der Waals surface area contributed by atoms with Gasteiger partial charge in [0.25, 0.3) is 0 Å². The monoisotopic (exact) mass is 304 g/mol. The third kappa shape index (κ3) is 2.04. The van der Waals surface area contributed by atoms with E-state index in [-0.39, 0.29) is 6.10 Å². The Balaban J connectivity index is 1.97. The Morgan fingerprint density at radius 3 is 2.44 bits per heavy atom. The second-order valence-corrected chi connectivity index (χ2v) is 5.27. The van der Waals surface area contributed by atoms with Crippen molar-refractivity contribution >= 4 is 15.9 Å². The van der Waals surface area contributed by atoms with E-state index in [0.29, 0.717) is 6.42 Å². The van der Waals surface area contributed by atoms with Gasteiger partial charge in [0, 0.05) is 22.0 Å². The number of aliphatic hydroxyl groups is 1. The summed E-state index contributed by atoms with van der Waals surface area (Å²) in [6.45, 7) is 0. The molecule has 18 heavy (non-hydrogen) atoms. The van der Waals surface area contributed by atoms with Crippen LogP contribution in [0.3, 0.4) is 0 Å². The van der Waals surface area contributed by atoms with Crippen LogP contribution in [0.4, 0.5) is 0 Å². The third-order valence-corrected chi connectivity index (χ3v) is 3.96. The van der Waals surface area contributed by atoms with Gasteiger partial charge in [-0.15, -0.1) is 0 Å². The van der Waals surface area contributed by atoms with Gasteiger partial charge in [-0.05, 0) is 12.1 Å². The number of hydrogen-bond acceptors (Lipinski definition) is 2. The minimum Gasteiger partial charge on any atom is -0.485 e. The SMILES string of the molecule is OC1CC(c2ccccc2Br)Oc2ccccc21. The largest absolute Gasteiger partial charge is 0.485 e. The normalized spacial score (nSPS) is 22.1. The molecule has 92 valence electrons. The second kappa shape index (κ2) is 4.75. The lowest BCUT2D eigenvalue weighted by molar-refractivity contribution is 0.0654. The van der Waals surface area contributed by atoms with Crippen molar-refractivity contribution in [3.63, 3.8) is 0 Å². The number of hydrogen-bond donors (Lipinski definition) is 1. The van der Waals surface area contributed by atoms with Crippen LogP contribution in [-0.2, 0) is 0 Å². The topological polar surface area (TPSA) is 29.5 Å². The molecule has 2 atom stereocenters. The van der Waals surface area contributed by atoms with Crippen LogP contribution in [0, 0.1) is 0 Å². The molecular weight excluding hydrogens is 292 g/mol. The van der Waals surface area contributed by atoms with Crippen LogP contribution in [0.2, 0.25) is 0 Å². The van der Waals surface area contributed by atoms with Crippen LogP contribution in [-0.4, -0.2) is 5.11 Å². The Morgan fingerprint density at radius 2 is 1.67 bits per heavy atom. The van der Waals surface area contributed by atoms with Crippen molar-refractivity contribution in [2.45, 2.75) is 18.6 Å². The van der Waals surface area contributed by atoms with Gasteiger partial charge >= 0.3 is 0 Å². The van der Waals surface area contributed by atoms with E-state index in [1.165, 1.54) is 0 Å². The predicted octanol–water partition coefficient (Wildman–Crippen LogP) is 4.01. The molecule has 1 aliphatic heterocycles. The zero-order valence-electron chi connectivity index (χ0n) is 9.71. The minimum atomic E-state index is -0.466. The average molecular weight is 305 g/mol. The maximum absolute atomic E-state index is 10.2. The molecule has 2 nitrogen and oxygen atoms in total. The van der Waals surface area contributed by atoms with E-state index in [1.54, 1.807) is 0 Å². The Hall–Kier alpha value is -1.32. The first kappa shape index (κ1) is 11.8. The van der Waals surface area contributed by atoms with Crippen molar-refractivity contribution in [1.29, 1.82) is 0 Å². The molecule has 2 aromatic carbocycles. The van der Waals surface area contributed by atoms with Gasteiger partial charge in [-0.25, -0.2) is 0 Å². The summed E-state index contributed by atoms with van der Waals surface area (Å²) >= 11 is 3.53. The fraction of sp³-hybridized carbons (Fsp3) is 0.200. The molecule has 1 heterocycles. The second-order valence-electron chi connectivity index (χ2n) is 4.42. The molecule has 0 fully saturated rings. The number of fused-ring (bicyclic) bond motifs is 1. The summed E-state index contributed by atoms with van der Waals surface area (Å²) in [4.78, 5) is 0. The van der Waals surface area contributed by atoms with Gasteiger partial charge < -0.3 is 9.84 Å². The van der Waals surface area contributed by atoms with E-state index >= 15 is 0 Å².